The van der Waals surface area contributed by atoms with Gasteiger partial charge in [0.2, 0.25) is 12.0 Å². The minimum atomic E-state index is -1.44. The van der Waals surface area contributed by atoms with Gasteiger partial charge in [0.05, 0.1) is 42.0 Å². The first-order valence-electron chi connectivity index (χ1n) is 20.7. The summed E-state index contributed by atoms with van der Waals surface area (Å²) in [4.78, 5) is 32.8. The molecule has 1 aliphatic rings. The Morgan fingerprint density at radius 3 is 2.59 bits per heavy atom. The van der Waals surface area contributed by atoms with Gasteiger partial charge in [0.25, 0.3) is 0 Å². The zero-order chi connectivity index (χ0) is 44.6. The molecule has 4 aromatic carbocycles. The number of carbonyl (C=O) groups is 1. The molecule has 16 heteroatoms. The van der Waals surface area contributed by atoms with Crippen molar-refractivity contribution in [2.24, 2.45) is 0 Å². The van der Waals surface area contributed by atoms with E-state index in [2.05, 4.69) is 20.3 Å². The van der Waals surface area contributed by atoms with Gasteiger partial charge in [-0.2, -0.15) is 0 Å². The molecule has 330 valence electrons. The van der Waals surface area contributed by atoms with E-state index in [0.29, 0.717) is 93.2 Å². The third-order valence-corrected chi connectivity index (χ3v) is 12.3. The predicted molar refractivity (Wildman–Crippen MR) is 241 cm³/mol. The lowest BCUT2D eigenvalue weighted by atomic mass is 9.94. The topological polar surface area (TPSA) is 167 Å². The van der Waals surface area contributed by atoms with Crippen LogP contribution in [0.1, 0.15) is 47.1 Å². The number of halogens is 2. The fourth-order valence-corrected chi connectivity index (χ4v) is 8.87. The van der Waals surface area contributed by atoms with Crippen molar-refractivity contribution in [1.82, 2.24) is 25.3 Å². The number of aromatic nitrogens is 4. The van der Waals surface area contributed by atoms with Crippen LogP contribution in [-0.4, -0.2) is 75.7 Å². The van der Waals surface area contributed by atoms with Crippen molar-refractivity contribution in [2.75, 3.05) is 33.5 Å². The van der Waals surface area contributed by atoms with Crippen molar-refractivity contribution >= 4 is 39.1 Å². The van der Waals surface area contributed by atoms with Crippen LogP contribution in [0.4, 0.5) is 4.39 Å². The van der Waals surface area contributed by atoms with Crippen molar-refractivity contribution < 1.29 is 43.1 Å². The molecular weight excluding hydrogens is 861 g/mol. The number of rotatable bonds is 18. The number of aliphatic hydroxyl groups excluding tert-OH is 1. The van der Waals surface area contributed by atoms with Gasteiger partial charge < -0.3 is 39.2 Å². The molecule has 8 rings (SSSR count). The van der Waals surface area contributed by atoms with Crippen LogP contribution in [0.2, 0.25) is 5.02 Å². The number of nitrogens with one attached hydrogen (secondary N) is 1. The standard InChI is InChI=1S/C48H45ClFN5O8S/c1-28-34(14-15-36(42(28)49)48-60-21-6-22-61-48)40-41-45(53-27-54-46(41)64-43(40)30-10-12-32(50)13-11-30)63-39(47(57)58)24-31-23-29(25-51-18-5-20-56)9-16-37(31)62-26-33-17-19-52-44(55-33)35-7-3-4-8-38(35)59-2/h3-4,7-17,19,23,27,39,48,51,56H,5-6,18,20-22,24-26H2,1-2H3,(H,57,58)/t39-/m1/s1. The van der Waals surface area contributed by atoms with Crippen molar-refractivity contribution in [3.8, 4) is 50.3 Å². The summed E-state index contributed by atoms with van der Waals surface area (Å²) in [6, 6.07) is 24.7. The van der Waals surface area contributed by atoms with Crippen LogP contribution >= 0.6 is 22.9 Å². The summed E-state index contributed by atoms with van der Waals surface area (Å²) in [5.41, 5.74) is 6.25. The van der Waals surface area contributed by atoms with Gasteiger partial charge in [0, 0.05) is 41.8 Å². The Labute approximate surface area is 377 Å². The lowest BCUT2D eigenvalue weighted by Gasteiger charge is -2.25. The van der Waals surface area contributed by atoms with Gasteiger partial charge in [-0.25, -0.2) is 29.1 Å². The minimum Gasteiger partial charge on any atom is -0.496 e. The third-order valence-electron chi connectivity index (χ3n) is 10.7. The minimum absolute atomic E-state index is 0.0460. The van der Waals surface area contributed by atoms with Gasteiger partial charge in [0.15, 0.2) is 12.1 Å². The van der Waals surface area contributed by atoms with Crippen molar-refractivity contribution in [2.45, 2.75) is 51.7 Å². The van der Waals surface area contributed by atoms with Crippen molar-refractivity contribution in [3.05, 3.63) is 136 Å². The van der Waals surface area contributed by atoms with Crippen molar-refractivity contribution in [3.63, 3.8) is 0 Å². The summed E-state index contributed by atoms with van der Waals surface area (Å²) in [6.07, 6.45) is 2.18. The molecule has 64 heavy (non-hydrogen) atoms. The number of benzene rings is 4. The highest BCUT2D eigenvalue weighted by Gasteiger charge is 2.29. The first kappa shape index (κ1) is 44.5. The highest BCUT2D eigenvalue weighted by Crippen LogP contribution is 2.49. The first-order chi connectivity index (χ1) is 31.2. The molecule has 0 radical (unpaired) electrons. The fraction of sp³-hybridized carbons (Fsp3) is 0.271. The molecule has 0 unspecified atom stereocenters. The Morgan fingerprint density at radius 1 is 1.00 bits per heavy atom. The number of ether oxygens (including phenoxy) is 5. The summed E-state index contributed by atoms with van der Waals surface area (Å²) in [7, 11) is 1.59. The van der Waals surface area contributed by atoms with E-state index in [0.717, 1.165) is 33.6 Å². The number of carboxylic acid groups (broad SMARTS) is 1. The zero-order valence-corrected chi connectivity index (χ0v) is 36.6. The number of methoxy groups -OCH3 is 1. The molecule has 7 aromatic rings. The number of hydrogen-bond acceptors (Lipinski definition) is 13. The monoisotopic (exact) mass is 905 g/mol. The number of nitrogens with zero attached hydrogens (tertiary/aromatic N) is 4. The molecule has 0 bridgehead atoms. The van der Waals surface area contributed by atoms with Crippen molar-refractivity contribution in [1.29, 1.82) is 0 Å². The summed E-state index contributed by atoms with van der Waals surface area (Å²) >= 11 is 8.42. The summed E-state index contributed by atoms with van der Waals surface area (Å²) in [5.74, 6) is -0.0408. The molecule has 0 aliphatic carbocycles. The number of carboxylic acids is 1. The lowest BCUT2D eigenvalue weighted by Crippen LogP contribution is -2.30. The Hall–Kier alpha value is -6.07. The molecule has 1 atom stereocenters. The summed E-state index contributed by atoms with van der Waals surface area (Å²) in [6.45, 7) is 4.15. The Kier molecular flexibility index (Phi) is 14.3. The average molecular weight is 906 g/mol. The van der Waals surface area contributed by atoms with Crippen LogP contribution < -0.4 is 19.5 Å². The molecule has 1 saturated heterocycles. The van der Waals surface area contributed by atoms with Crippen LogP contribution in [0.25, 0.3) is 43.2 Å². The molecule has 1 fully saturated rings. The number of para-hydroxylation sites is 1. The smallest absolute Gasteiger partial charge is 0.345 e. The molecule has 4 heterocycles. The van der Waals surface area contributed by atoms with E-state index in [4.69, 9.17) is 40.3 Å². The van der Waals surface area contributed by atoms with Crippen LogP contribution in [0.15, 0.2) is 97.5 Å². The van der Waals surface area contributed by atoms with Crippen LogP contribution in [-0.2, 0) is 33.8 Å². The highest BCUT2D eigenvalue weighted by atomic mass is 35.5. The largest absolute Gasteiger partial charge is 0.496 e. The molecule has 3 N–H and O–H groups in total. The lowest BCUT2D eigenvalue weighted by molar-refractivity contribution is -0.182. The number of thiophene rings is 1. The van der Waals surface area contributed by atoms with Crippen LogP contribution in [0.3, 0.4) is 0 Å². The molecule has 13 nitrogen and oxygen atoms in total. The molecular formula is C48H45ClFN5O8S. The summed E-state index contributed by atoms with van der Waals surface area (Å²) in [5, 5.41) is 24.3. The van der Waals surface area contributed by atoms with E-state index in [1.807, 2.05) is 55.5 Å². The van der Waals surface area contributed by atoms with E-state index >= 15 is 0 Å². The van der Waals surface area contributed by atoms with Crippen LogP contribution in [0.5, 0.6) is 17.4 Å². The fourth-order valence-electron chi connectivity index (χ4n) is 7.46. The zero-order valence-electron chi connectivity index (χ0n) is 35.1. The van der Waals surface area contributed by atoms with E-state index in [9.17, 15) is 19.4 Å². The SMILES string of the molecule is COc1ccccc1-c1nccc(COc2ccc(CNCCCO)cc2C[C@@H](Oc2ncnc3sc(-c4ccc(F)cc4)c(-c4ccc(C5OCCCO5)c(Cl)c4C)c23)C(=O)O)n1. The van der Waals surface area contributed by atoms with Gasteiger partial charge in [-0.05, 0) is 90.5 Å². The molecule has 3 aromatic heterocycles. The van der Waals surface area contributed by atoms with Gasteiger partial charge in [-0.3, -0.25) is 0 Å². The van der Waals surface area contributed by atoms with Gasteiger partial charge in [0.1, 0.15) is 35.1 Å². The Bertz CT molecular complexity index is 2750. The van der Waals surface area contributed by atoms with E-state index < -0.39 is 24.2 Å². The summed E-state index contributed by atoms with van der Waals surface area (Å²) < 4.78 is 44.4. The predicted octanol–water partition coefficient (Wildman–Crippen LogP) is 9.15. The van der Waals surface area contributed by atoms with Crippen LogP contribution in [0, 0.1) is 12.7 Å². The van der Waals surface area contributed by atoms with E-state index in [1.54, 1.807) is 37.6 Å². The normalized spacial score (nSPS) is 13.5. The number of aliphatic hydroxyl groups is 1. The van der Waals surface area contributed by atoms with Gasteiger partial charge in [-0.15, -0.1) is 11.3 Å². The number of hydrogen-bond donors (Lipinski definition) is 3. The second-order valence-electron chi connectivity index (χ2n) is 14.9. The molecule has 0 spiro atoms. The molecule has 1 aliphatic heterocycles. The maximum absolute atomic E-state index is 14.3. The quantitative estimate of drug-likeness (QED) is 0.0699. The first-order valence-corrected chi connectivity index (χ1v) is 21.9. The van der Waals surface area contributed by atoms with E-state index in [-0.39, 0.29) is 25.5 Å². The molecule has 0 amide bonds. The second-order valence-corrected chi connectivity index (χ2v) is 16.3. The number of fused-ring (bicyclic) bond motifs is 1. The second kappa shape index (κ2) is 20.6. The van der Waals surface area contributed by atoms with Gasteiger partial charge in [-0.1, -0.05) is 60.1 Å². The number of aliphatic carboxylic acids is 1. The maximum atomic E-state index is 14.3. The van der Waals surface area contributed by atoms with E-state index in [1.165, 1.54) is 29.8 Å². The van der Waals surface area contributed by atoms with Gasteiger partial charge >= 0.3 is 5.97 Å². The highest BCUT2D eigenvalue weighted by molar-refractivity contribution is 7.22. The Balaban J connectivity index is 1.15. The Morgan fingerprint density at radius 2 is 1.81 bits per heavy atom. The maximum Gasteiger partial charge on any atom is 0.345 e. The third kappa shape index (κ3) is 10.00. The molecule has 0 saturated carbocycles. The average Bonchev–Trinajstić information content (AvgIpc) is 3.71.